The molecule has 1 saturated heterocycles. The van der Waals surface area contributed by atoms with Gasteiger partial charge < -0.3 is 14.6 Å². The molecule has 29 heavy (non-hydrogen) atoms. The summed E-state index contributed by atoms with van der Waals surface area (Å²) >= 11 is 0. The third-order valence-corrected chi connectivity index (χ3v) is 6.50. The van der Waals surface area contributed by atoms with E-state index in [4.69, 9.17) is 4.42 Å². The van der Waals surface area contributed by atoms with Crippen molar-refractivity contribution in [1.29, 1.82) is 0 Å². The highest BCUT2D eigenvalue weighted by atomic mass is 16.3. The molecule has 2 aromatic rings. The second-order valence-corrected chi connectivity index (χ2v) is 8.45. The number of amides is 4. The summed E-state index contributed by atoms with van der Waals surface area (Å²) in [5.41, 5.74) is -0.0648. The molecule has 1 aromatic carbocycles. The standard InChI is InChI=1S/C22H27N3O4/c1-14-8-10-22(11-9-14)20(27)25(21(28)23-22)13-19(26)24(3)15(2)18-12-16-6-4-5-7-17(16)29-18/h4-7,12,14-15H,8-11,13H2,1-3H3,(H,23,28). The second-order valence-electron chi connectivity index (χ2n) is 8.45. The first kappa shape index (κ1) is 19.5. The van der Waals surface area contributed by atoms with Crippen molar-refractivity contribution in [2.45, 2.75) is 51.1 Å². The number of furan rings is 1. The summed E-state index contributed by atoms with van der Waals surface area (Å²) in [4.78, 5) is 40.9. The average molecular weight is 397 g/mol. The molecule has 0 bridgehead atoms. The van der Waals surface area contributed by atoms with E-state index in [-0.39, 0.29) is 24.4 Å². The number of nitrogens with zero attached hydrogens (tertiary/aromatic N) is 2. The number of imide groups is 1. The molecule has 1 saturated carbocycles. The summed E-state index contributed by atoms with van der Waals surface area (Å²) in [6.07, 6.45) is 3.07. The molecule has 4 amide bonds. The highest BCUT2D eigenvalue weighted by molar-refractivity contribution is 6.09. The fourth-order valence-corrected chi connectivity index (χ4v) is 4.28. The largest absolute Gasteiger partial charge is 0.459 e. The monoisotopic (exact) mass is 397 g/mol. The van der Waals surface area contributed by atoms with Crippen molar-refractivity contribution in [3.8, 4) is 0 Å². The number of urea groups is 1. The highest BCUT2D eigenvalue weighted by Crippen LogP contribution is 2.36. The molecule has 1 aromatic heterocycles. The molecule has 2 heterocycles. The molecule has 0 radical (unpaired) electrons. The van der Waals surface area contributed by atoms with Crippen LogP contribution in [0.1, 0.15) is 51.3 Å². The van der Waals surface area contributed by atoms with Gasteiger partial charge in [0.25, 0.3) is 5.91 Å². The Morgan fingerprint density at radius 2 is 2.00 bits per heavy atom. The Labute approximate surface area is 170 Å². The van der Waals surface area contributed by atoms with Crippen LogP contribution in [0.5, 0.6) is 0 Å². The van der Waals surface area contributed by atoms with Crippen LogP contribution < -0.4 is 5.32 Å². The zero-order valence-corrected chi connectivity index (χ0v) is 17.1. The van der Waals surface area contributed by atoms with E-state index in [1.165, 1.54) is 4.90 Å². The molecular weight excluding hydrogens is 370 g/mol. The zero-order chi connectivity index (χ0) is 20.8. The Morgan fingerprint density at radius 1 is 1.31 bits per heavy atom. The van der Waals surface area contributed by atoms with Crippen LogP contribution in [-0.2, 0) is 9.59 Å². The number of carbonyl (C=O) groups excluding carboxylic acids is 3. The summed E-state index contributed by atoms with van der Waals surface area (Å²) in [6.45, 7) is 3.76. The molecule has 7 heteroatoms. The minimum absolute atomic E-state index is 0.261. The number of carbonyl (C=O) groups is 3. The molecule has 1 aliphatic heterocycles. The Balaban J connectivity index is 1.45. The maximum atomic E-state index is 13.0. The van der Waals surface area contributed by atoms with Crippen molar-refractivity contribution in [3.05, 3.63) is 36.1 Å². The van der Waals surface area contributed by atoms with Gasteiger partial charge in [0.15, 0.2) is 0 Å². The molecule has 2 aliphatic rings. The van der Waals surface area contributed by atoms with Gasteiger partial charge in [0.2, 0.25) is 5.91 Å². The average Bonchev–Trinajstić information content (AvgIpc) is 3.24. The Hall–Kier alpha value is -2.83. The van der Waals surface area contributed by atoms with Crippen LogP contribution in [0.4, 0.5) is 4.79 Å². The van der Waals surface area contributed by atoms with Crippen LogP contribution in [0, 0.1) is 5.92 Å². The van der Waals surface area contributed by atoms with E-state index in [2.05, 4.69) is 12.2 Å². The fraction of sp³-hybridized carbons (Fsp3) is 0.500. The summed E-state index contributed by atoms with van der Waals surface area (Å²) < 4.78 is 5.86. The highest BCUT2D eigenvalue weighted by Gasteiger charge is 2.52. The van der Waals surface area contributed by atoms with Crippen LogP contribution in [0.25, 0.3) is 11.0 Å². The van der Waals surface area contributed by atoms with Gasteiger partial charge in [0, 0.05) is 12.4 Å². The van der Waals surface area contributed by atoms with Crippen molar-refractivity contribution in [3.63, 3.8) is 0 Å². The van der Waals surface area contributed by atoms with Crippen LogP contribution in [0.15, 0.2) is 34.7 Å². The number of benzene rings is 1. The predicted molar refractivity (Wildman–Crippen MR) is 108 cm³/mol. The quantitative estimate of drug-likeness (QED) is 0.801. The molecule has 1 unspecified atom stereocenters. The second kappa shape index (κ2) is 7.21. The number of rotatable bonds is 4. The lowest BCUT2D eigenvalue weighted by molar-refractivity contribution is -0.140. The van der Waals surface area contributed by atoms with Crippen LogP contribution in [0.2, 0.25) is 0 Å². The minimum atomic E-state index is -0.827. The number of nitrogens with one attached hydrogen (secondary N) is 1. The topological polar surface area (TPSA) is 82.9 Å². The first-order valence-corrected chi connectivity index (χ1v) is 10.2. The Morgan fingerprint density at radius 3 is 2.69 bits per heavy atom. The van der Waals surface area contributed by atoms with Gasteiger partial charge >= 0.3 is 6.03 Å². The van der Waals surface area contributed by atoms with Crippen molar-refractivity contribution >= 4 is 28.8 Å². The number of para-hydroxylation sites is 1. The maximum Gasteiger partial charge on any atom is 0.325 e. The summed E-state index contributed by atoms with van der Waals surface area (Å²) in [5.74, 6) is 0.643. The minimum Gasteiger partial charge on any atom is -0.459 e. The molecular formula is C22H27N3O4. The summed E-state index contributed by atoms with van der Waals surface area (Å²) in [5, 5.41) is 3.83. The molecule has 7 nitrogen and oxygen atoms in total. The van der Waals surface area contributed by atoms with Gasteiger partial charge in [-0.05, 0) is 50.7 Å². The van der Waals surface area contributed by atoms with E-state index < -0.39 is 11.6 Å². The van der Waals surface area contributed by atoms with E-state index >= 15 is 0 Å². The predicted octanol–water partition coefficient (Wildman–Crippen LogP) is 3.45. The SMILES string of the molecule is CC1CCC2(CC1)NC(=O)N(CC(=O)N(C)C(C)c1cc3ccccc3o1)C2=O. The molecule has 1 N–H and O–H groups in total. The zero-order valence-electron chi connectivity index (χ0n) is 17.1. The molecule has 1 aliphatic carbocycles. The molecule has 4 rings (SSSR count). The maximum absolute atomic E-state index is 13.0. The summed E-state index contributed by atoms with van der Waals surface area (Å²) in [7, 11) is 1.66. The molecule has 154 valence electrons. The van der Waals surface area contributed by atoms with Crippen molar-refractivity contribution in [1.82, 2.24) is 15.1 Å². The van der Waals surface area contributed by atoms with Gasteiger partial charge in [-0.3, -0.25) is 14.5 Å². The number of likely N-dealkylation sites (N-methyl/N-ethyl adjacent to an activating group) is 1. The number of hydrogen-bond donors (Lipinski definition) is 1. The smallest absolute Gasteiger partial charge is 0.325 e. The van der Waals surface area contributed by atoms with Crippen LogP contribution in [-0.4, -0.2) is 46.8 Å². The fourth-order valence-electron chi connectivity index (χ4n) is 4.28. The van der Waals surface area contributed by atoms with Crippen molar-refractivity contribution in [2.75, 3.05) is 13.6 Å². The third kappa shape index (κ3) is 3.39. The summed E-state index contributed by atoms with van der Waals surface area (Å²) in [6, 6.07) is 8.78. The molecule has 1 spiro atoms. The van der Waals surface area contributed by atoms with E-state index in [0.29, 0.717) is 24.5 Å². The van der Waals surface area contributed by atoms with Gasteiger partial charge in [0.05, 0.1) is 6.04 Å². The first-order chi connectivity index (χ1) is 13.8. The molecule has 2 fully saturated rings. The Kier molecular flexibility index (Phi) is 4.84. The van der Waals surface area contributed by atoms with Gasteiger partial charge in [-0.2, -0.15) is 0 Å². The normalized spacial score (nSPS) is 25.5. The lowest BCUT2D eigenvalue weighted by Gasteiger charge is -2.33. The van der Waals surface area contributed by atoms with Gasteiger partial charge in [-0.15, -0.1) is 0 Å². The van der Waals surface area contributed by atoms with Gasteiger partial charge in [-0.25, -0.2) is 4.79 Å². The molecule has 1 atom stereocenters. The Bertz CT molecular complexity index is 925. The van der Waals surface area contributed by atoms with E-state index in [1.807, 2.05) is 37.3 Å². The van der Waals surface area contributed by atoms with Gasteiger partial charge in [-0.1, -0.05) is 25.1 Å². The number of hydrogen-bond acceptors (Lipinski definition) is 4. The number of fused-ring (bicyclic) bond motifs is 1. The van der Waals surface area contributed by atoms with Gasteiger partial charge in [0.1, 0.15) is 23.4 Å². The van der Waals surface area contributed by atoms with E-state index in [9.17, 15) is 14.4 Å². The van der Waals surface area contributed by atoms with E-state index in [1.54, 1.807) is 7.05 Å². The third-order valence-electron chi connectivity index (χ3n) is 6.50. The van der Waals surface area contributed by atoms with Crippen molar-refractivity contribution < 1.29 is 18.8 Å². The lowest BCUT2D eigenvalue weighted by atomic mass is 9.77. The van der Waals surface area contributed by atoms with E-state index in [0.717, 1.165) is 28.7 Å². The van der Waals surface area contributed by atoms with Crippen LogP contribution in [0.3, 0.4) is 0 Å². The lowest BCUT2D eigenvalue weighted by Crippen LogP contribution is -2.50. The van der Waals surface area contributed by atoms with Crippen molar-refractivity contribution in [2.24, 2.45) is 5.92 Å². The van der Waals surface area contributed by atoms with Crippen LogP contribution >= 0.6 is 0 Å². The first-order valence-electron chi connectivity index (χ1n) is 10.2.